The summed E-state index contributed by atoms with van der Waals surface area (Å²) in [5.74, 6) is 0.815. The molecule has 4 nitrogen and oxygen atoms in total. The molecule has 0 atom stereocenters. The van der Waals surface area contributed by atoms with Crippen LogP contribution in [0.25, 0.3) is 10.8 Å². The van der Waals surface area contributed by atoms with E-state index in [1.54, 1.807) is 11.3 Å². The Labute approximate surface area is 163 Å². The second kappa shape index (κ2) is 9.58. The second-order valence-electron chi connectivity index (χ2n) is 5.11. The van der Waals surface area contributed by atoms with Crippen LogP contribution in [0.5, 0.6) is 0 Å². The number of pyridine rings is 1. The van der Waals surface area contributed by atoms with E-state index in [-0.39, 0.29) is 24.0 Å². The average molecular weight is 452 g/mol. The van der Waals surface area contributed by atoms with Crippen molar-refractivity contribution in [2.24, 2.45) is 4.99 Å². The fourth-order valence-electron chi connectivity index (χ4n) is 2.39. The molecule has 0 amide bonds. The van der Waals surface area contributed by atoms with Crippen LogP contribution >= 0.6 is 35.3 Å². The molecule has 3 rings (SSSR count). The number of hydrogen-bond donors (Lipinski definition) is 2. The summed E-state index contributed by atoms with van der Waals surface area (Å²) in [4.78, 5) is 10.4. The van der Waals surface area contributed by atoms with Gasteiger partial charge in [-0.25, -0.2) is 4.99 Å². The maximum absolute atomic E-state index is 4.67. The molecule has 126 valence electrons. The highest BCUT2D eigenvalue weighted by Crippen LogP contribution is 2.16. The van der Waals surface area contributed by atoms with Gasteiger partial charge in [0.15, 0.2) is 5.96 Å². The van der Waals surface area contributed by atoms with Gasteiger partial charge in [-0.05, 0) is 29.8 Å². The first-order valence-corrected chi connectivity index (χ1v) is 8.62. The summed E-state index contributed by atoms with van der Waals surface area (Å²) in [5.41, 5.74) is 0.997. The number of benzene rings is 1. The van der Waals surface area contributed by atoms with Gasteiger partial charge in [-0.1, -0.05) is 30.3 Å². The molecule has 0 saturated heterocycles. The highest BCUT2D eigenvalue weighted by atomic mass is 127. The van der Waals surface area contributed by atoms with Crippen molar-refractivity contribution in [2.75, 3.05) is 6.54 Å². The molecule has 2 aromatic heterocycles. The topological polar surface area (TPSA) is 49.3 Å². The maximum atomic E-state index is 4.67. The molecule has 0 unspecified atom stereocenters. The second-order valence-corrected chi connectivity index (χ2v) is 6.14. The molecule has 0 saturated carbocycles. The molecule has 0 aliphatic carbocycles. The molecule has 24 heavy (non-hydrogen) atoms. The van der Waals surface area contributed by atoms with E-state index in [0.717, 1.165) is 30.1 Å². The Kier molecular flexibility index (Phi) is 7.45. The normalized spacial score (nSPS) is 11.1. The molecule has 0 bridgehead atoms. The molecule has 6 heteroatoms. The molecule has 2 N–H and O–H groups in total. The van der Waals surface area contributed by atoms with E-state index in [1.165, 1.54) is 10.3 Å². The number of guanidine groups is 1. The van der Waals surface area contributed by atoms with Crippen LogP contribution in [0.3, 0.4) is 0 Å². The lowest BCUT2D eigenvalue weighted by Crippen LogP contribution is -2.36. The minimum absolute atomic E-state index is 0. The van der Waals surface area contributed by atoms with E-state index in [9.17, 15) is 0 Å². The van der Waals surface area contributed by atoms with Crippen molar-refractivity contribution < 1.29 is 0 Å². The Morgan fingerprint density at radius 2 is 2.00 bits per heavy atom. The molecule has 3 aromatic rings. The van der Waals surface area contributed by atoms with Crippen molar-refractivity contribution in [3.8, 4) is 0 Å². The van der Waals surface area contributed by atoms with Gasteiger partial charge in [0.2, 0.25) is 0 Å². The van der Waals surface area contributed by atoms with Crippen LogP contribution in [-0.4, -0.2) is 17.5 Å². The molecule has 0 aliphatic heterocycles. The molecule has 1 aromatic carbocycles. The van der Waals surface area contributed by atoms with Crippen LogP contribution in [0.2, 0.25) is 0 Å². The minimum Gasteiger partial charge on any atom is -0.357 e. The molecular formula is C18H21IN4S. The summed E-state index contributed by atoms with van der Waals surface area (Å²) in [6.45, 7) is 4.24. The zero-order valence-electron chi connectivity index (χ0n) is 13.5. The lowest BCUT2D eigenvalue weighted by molar-refractivity contribution is 0.820. The number of aliphatic imine (C=N–C) groups is 1. The minimum atomic E-state index is 0. The Balaban J connectivity index is 0.00000208. The number of fused-ring (bicyclic) bond motifs is 1. The van der Waals surface area contributed by atoms with Crippen LogP contribution < -0.4 is 10.6 Å². The van der Waals surface area contributed by atoms with E-state index in [4.69, 9.17) is 0 Å². The molecule has 0 radical (unpaired) electrons. The summed E-state index contributed by atoms with van der Waals surface area (Å²) in [6, 6.07) is 14.5. The van der Waals surface area contributed by atoms with Crippen molar-refractivity contribution in [1.82, 2.24) is 15.6 Å². The Bertz CT molecular complexity index is 781. The first-order valence-electron chi connectivity index (χ1n) is 7.74. The van der Waals surface area contributed by atoms with Gasteiger partial charge in [-0.3, -0.25) is 4.98 Å². The summed E-state index contributed by atoms with van der Waals surface area (Å²) >= 11 is 1.74. The highest BCUT2D eigenvalue weighted by Gasteiger charge is 2.03. The van der Waals surface area contributed by atoms with Gasteiger partial charge in [0.05, 0.1) is 18.8 Å². The Morgan fingerprint density at radius 1 is 1.12 bits per heavy atom. The summed E-state index contributed by atoms with van der Waals surface area (Å²) < 4.78 is 0. The molecule has 0 aliphatic rings. The van der Waals surface area contributed by atoms with Gasteiger partial charge in [0.1, 0.15) is 0 Å². The summed E-state index contributed by atoms with van der Waals surface area (Å²) in [5, 5.41) is 11.1. The fourth-order valence-corrected chi connectivity index (χ4v) is 3.03. The van der Waals surface area contributed by atoms with Gasteiger partial charge in [-0.2, -0.15) is 0 Å². The highest BCUT2D eigenvalue weighted by molar-refractivity contribution is 14.0. The number of rotatable bonds is 5. The number of thiophene rings is 1. The third-order valence-corrected chi connectivity index (χ3v) is 4.37. The van der Waals surface area contributed by atoms with Gasteiger partial charge >= 0.3 is 0 Å². The van der Waals surface area contributed by atoms with E-state index in [0.29, 0.717) is 6.54 Å². The fraction of sp³-hybridized carbons (Fsp3) is 0.222. The van der Waals surface area contributed by atoms with Crippen molar-refractivity contribution >= 4 is 52.0 Å². The quantitative estimate of drug-likeness (QED) is 0.347. The van der Waals surface area contributed by atoms with E-state index in [2.05, 4.69) is 57.2 Å². The predicted octanol–water partition coefficient (Wildman–Crippen LogP) is 4.17. The third-order valence-electron chi connectivity index (χ3n) is 3.50. The van der Waals surface area contributed by atoms with E-state index < -0.39 is 0 Å². The Hall–Kier alpha value is -1.67. The number of aromatic nitrogens is 1. The van der Waals surface area contributed by atoms with Gasteiger partial charge in [0, 0.05) is 23.0 Å². The number of halogens is 1. The number of nitrogens with one attached hydrogen (secondary N) is 2. The zero-order chi connectivity index (χ0) is 15.9. The molecule has 0 fully saturated rings. The van der Waals surface area contributed by atoms with Crippen molar-refractivity contribution in [2.45, 2.75) is 20.0 Å². The van der Waals surface area contributed by atoms with Crippen LogP contribution in [-0.2, 0) is 13.1 Å². The lowest BCUT2D eigenvalue weighted by atomic mass is 10.1. The van der Waals surface area contributed by atoms with Gasteiger partial charge < -0.3 is 10.6 Å². The summed E-state index contributed by atoms with van der Waals surface area (Å²) in [6.07, 6.45) is 1.85. The lowest BCUT2D eigenvalue weighted by Gasteiger charge is -2.10. The number of nitrogens with zero attached hydrogens (tertiary/aromatic N) is 2. The standard InChI is InChI=1S/C18H20N4S.HI/c1-2-19-18(21-12-15-7-5-11-23-15)22-13-17-16-8-4-3-6-14(16)9-10-20-17;/h3-11H,2,12-13H2,1H3,(H2,19,21,22);1H. The van der Waals surface area contributed by atoms with Crippen LogP contribution in [0, 0.1) is 0 Å². The van der Waals surface area contributed by atoms with Crippen LogP contribution in [0.1, 0.15) is 17.5 Å². The monoisotopic (exact) mass is 452 g/mol. The first kappa shape index (κ1) is 18.7. The SMILES string of the molecule is CCNC(=NCc1nccc2ccccc12)NCc1cccs1.I. The van der Waals surface area contributed by atoms with Crippen molar-refractivity contribution in [3.05, 3.63) is 64.6 Å². The average Bonchev–Trinajstić information content (AvgIpc) is 3.11. The third kappa shape index (κ3) is 4.91. The van der Waals surface area contributed by atoms with Gasteiger partial charge in [0.25, 0.3) is 0 Å². The van der Waals surface area contributed by atoms with Gasteiger partial charge in [-0.15, -0.1) is 35.3 Å². The summed E-state index contributed by atoms with van der Waals surface area (Å²) in [7, 11) is 0. The maximum Gasteiger partial charge on any atom is 0.191 e. The van der Waals surface area contributed by atoms with E-state index >= 15 is 0 Å². The Morgan fingerprint density at radius 3 is 2.79 bits per heavy atom. The first-order chi connectivity index (χ1) is 11.4. The van der Waals surface area contributed by atoms with E-state index in [1.807, 2.05) is 24.4 Å². The molecular weight excluding hydrogens is 431 g/mol. The zero-order valence-corrected chi connectivity index (χ0v) is 16.7. The smallest absolute Gasteiger partial charge is 0.191 e. The predicted molar refractivity (Wildman–Crippen MR) is 113 cm³/mol. The van der Waals surface area contributed by atoms with Crippen LogP contribution in [0.4, 0.5) is 0 Å². The largest absolute Gasteiger partial charge is 0.357 e. The molecule has 2 heterocycles. The van der Waals surface area contributed by atoms with Crippen molar-refractivity contribution in [3.63, 3.8) is 0 Å². The van der Waals surface area contributed by atoms with Crippen LogP contribution in [0.15, 0.2) is 59.0 Å². The van der Waals surface area contributed by atoms with Crippen molar-refractivity contribution in [1.29, 1.82) is 0 Å². The number of hydrogen-bond acceptors (Lipinski definition) is 3. The molecule has 0 spiro atoms.